The summed E-state index contributed by atoms with van der Waals surface area (Å²) in [5.41, 5.74) is -0.172. The zero-order chi connectivity index (χ0) is 21.7. The number of carboxylic acids is 1. The molecule has 0 spiro atoms. The van der Waals surface area contributed by atoms with E-state index in [0.29, 0.717) is 4.21 Å². The number of anilines is 2. The van der Waals surface area contributed by atoms with Gasteiger partial charge in [0.15, 0.2) is 16.7 Å². The molecule has 0 unspecified atom stereocenters. The van der Waals surface area contributed by atoms with Gasteiger partial charge in [-0.1, -0.05) is 24.2 Å². The predicted molar refractivity (Wildman–Crippen MR) is 112 cm³/mol. The number of ether oxygens (including phenoxy) is 1. The molecule has 1 aromatic carbocycles. The van der Waals surface area contributed by atoms with Gasteiger partial charge >= 0.3 is 12.0 Å². The number of thioether (sulfide) groups is 1. The lowest BCUT2D eigenvalue weighted by atomic mass is 10.1. The van der Waals surface area contributed by atoms with Gasteiger partial charge in [0, 0.05) is 6.54 Å². The Hall–Kier alpha value is -2.40. The fraction of sp³-hybridized carbons (Fsp3) is 0.421. The van der Waals surface area contributed by atoms with Gasteiger partial charge in [0.25, 0.3) is 0 Å². The van der Waals surface area contributed by atoms with Crippen LogP contribution in [0.5, 0.6) is 5.75 Å². The van der Waals surface area contributed by atoms with E-state index in [0.717, 1.165) is 48.8 Å². The Bertz CT molecular complexity index is 919. The smallest absolute Gasteiger partial charge is 0.328 e. The van der Waals surface area contributed by atoms with E-state index in [4.69, 9.17) is 9.84 Å². The highest BCUT2D eigenvalue weighted by Crippen LogP contribution is 2.33. The average Bonchev–Trinajstić information content (AvgIpc) is 3.39. The number of aromatic nitrogens is 1. The number of methoxy groups -OCH3 is 1. The molecule has 0 atom stereocenters. The highest BCUT2D eigenvalue weighted by atomic mass is 32.2. The molecule has 1 aliphatic carbocycles. The molecule has 1 fully saturated rings. The highest BCUT2D eigenvalue weighted by molar-refractivity contribution is 8.01. The van der Waals surface area contributed by atoms with Crippen molar-refractivity contribution >= 4 is 45.9 Å². The first kappa shape index (κ1) is 22.3. The summed E-state index contributed by atoms with van der Waals surface area (Å²) >= 11 is 2.20. The number of halogens is 2. The predicted octanol–water partition coefficient (Wildman–Crippen LogP) is 4.84. The molecule has 7 nitrogen and oxygen atoms in total. The number of benzene rings is 1. The summed E-state index contributed by atoms with van der Waals surface area (Å²) in [7, 11) is 1.24. The number of hydrogen-bond donors (Lipinski definition) is 2. The molecular formula is C19H21F2N3O4S2. The molecule has 11 heteroatoms. The Kier molecular flexibility index (Phi) is 7.48. The van der Waals surface area contributed by atoms with Crippen LogP contribution in [0.1, 0.15) is 25.7 Å². The van der Waals surface area contributed by atoms with Gasteiger partial charge in [0.2, 0.25) is 5.82 Å². The molecule has 2 amide bonds. The molecule has 1 saturated carbocycles. The summed E-state index contributed by atoms with van der Waals surface area (Å²) in [6.45, 7) is 0.251. The molecule has 0 aliphatic heterocycles. The maximum Gasteiger partial charge on any atom is 0.328 e. The lowest BCUT2D eigenvalue weighted by Gasteiger charge is -2.26. The molecule has 1 heterocycles. The second-order valence-electron chi connectivity index (χ2n) is 6.77. The normalized spacial score (nSPS) is 14.0. The average molecular weight is 458 g/mol. The molecule has 1 aromatic heterocycles. The van der Waals surface area contributed by atoms with Crippen molar-refractivity contribution in [3.8, 4) is 5.75 Å². The van der Waals surface area contributed by atoms with Gasteiger partial charge in [-0.05, 0) is 30.9 Å². The molecule has 3 rings (SSSR count). The van der Waals surface area contributed by atoms with Crippen LogP contribution in [0.25, 0.3) is 0 Å². The number of urea groups is 1. The van der Waals surface area contributed by atoms with Crippen LogP contribution >= 0.6 is 23.1 Å². The SMILES string of the molecule is COc1ccc(N(CC2CCCC2)C(=O)Nc2ncc(SCC(=O)O)s2)c(F)c1F. The largest absolute Gasteiger partial charge is 0.494 e. The number of rotatable bonds is 8. The first-order valence-electron chi connectivity index (χ1n) is 9.30. The first-order chi connectivity index (χ1) is 14.4. The number of nitrogens with zero attached hydrogens (tertiary/aromatic N) is 2. The van der Waals surface area contributed by atoms with Gasteiger partial charge in [-0.2, -0.15) is 4.39 Å². The number of carbonyl (C=O) groups excluding carboxylic acids is 1. The van der Waals surface area contributed by atoms with Gasteiger partial charge in [-0.25, -0.2) is 14.2 Å². The molecule has 2 N–H and O–H groups in total. The van der Waals surface area contributed by atoms with Crippen LogP contribution in [0.3, 0.4) is 0 Å². The van der Waals surface area contributed by atoms with Gasteiger partial charge < -0.3 is 9.84 Å². The second-order valence-corrected chi connectivity index (χ2v) is 9.08. The number of amides is 2. The third kappa shape index (κ3) is 5.39. The van der Waals surface area contributed by atoms with Crippen molar-refractivity contribution in [3.05, 3.63) is 30.0 Å². The van der Waals surface area contributed by atoms with Crippen molar-refractivity contribution in [1.82, 2.24) is 4.98 Å². The fourth-order valence-electron chi connectivity index (χ4n) is 3.31. The Morgan fingerprint density at radius 1 is 1.33 bits per heavy atom. The summed E-state index contributed by atoms with van der Waals surface area (Å²) in [6.07, 6.45) is 5.36. The lowest BCUT2D eigenvalue weighted by Crippen LogP contribution is -2.39. The van der Waals surface area contributed by atoms with E-state index in [2.05, 4.69) is 10.3 Å². The van der Waals surface area contributed by atoms with Crippen molar-refractivity contribution in [1.29, 1.82) is 0 Å². The third-order valence-corrected chi connectivity index (χ3v) is 6.83. The molecule has 162 valence electrons. The van der Waals surface area contributed by atoms with Crippen LogP contribution in [0.2, 0.25) is 0 Å². The number of carbonyl (C=O) groups is 2. The van der Waals surface area contributed by atoms with Crippen molar-refractivity contribution in [2.45, 2.75) is 29.9 Å². The first-order valence-corrected chi connectivity index (χ1v) is 11.1. The summed E-state index contributed by atoms with van der Waals surface area (Å²) in [6, 6.07) is 1.98. The number of nitrogens with one attached hydrogen (secondary N) is 1. The van der Waals surface area contributed by atoms with Gasteiger partial charge in [-0.3, -0.25) is 15.0 Å². The second kappa shape index (κ2) is 10.1. The molecule has 1 aliphatic rings. The van der Waals surface area contributed by atoms with Gasteiger partial charge in [0.05, 0.1) is 29.0 Å². The summed E-state index contributed by atoms with van der Waals surface area (Å²) < 4.78 is 34.4. The molecule has 30 heavy (non-hydrogen) atoms. The topological polar surface area (TPSA) is 91.8 Å². The fourth-order valence-corrected chi connectivity index (χ4v) is 4.89. The van der Waals surface area contributed by atoms with E-state index in [1.807, 2.05) is 0 Å². The van der Waals surface area contributed by atoms with Crippen molar-refractivity contribution < 1.29 is 28.2 Å². The van der Waals surface area contributed by atoms with E-state index in [1.165, 1.54) is 30.3 Å². The quantitative estimate of drug-likeness (QED) is 0.552. The van der Waals surface area contributed by atoms with Crippen LogP contribution in [0, 0.1) is 17.6 Å². The zero-order valence-corrected chi connectivity index (χ0v) is 17.8. The van der Waals surface area contributed by atoms with Crippen LogP contribution in [0.4, 0.5) is 24.4 Å². The van der Waals surface area contributed by atoms with Gasteiger partial charge in [0.1, 0.15) is 0 Å². The van der Waals surface area contributed by atoms with E-state index >= 15 is 0 Å². The maximum atomic E-state index is 14.7. The Morgan fingerprint density at radius 3 is 2.73 bits per heavy atom. The van der Waals surface area contributed by atoms with Crippen LogP contribution < -0.4 is 15.0 Å². The van der Waals surface area contributed by atoms with Crippen LogP contribution in [-0.2, 0) is 4.79 Å². The standard InChI is InChI=1S/C19H21F2N3O4S2/c1-28-13-7-6-12(16(20)17(13)21)24(9-11-4-2-3-5-11)19(27)23-18-22-8-15(30-18)29-10-14(25)26/h6-8,11H,2-5,9-10H2,1H3,(H,25,26)(H,22,23,27). The number of carboxylic acid groups (broad SMARTS) is 1. The Balaban J connectivity index is 1.81. The van der Waals surface area contributed by atoms with E-state index in [1.54, 1.807) is 0 Å². The van der Waals surface area contributed by atoms with Crippen LogP contribution in [-0.4, -0.2) is 41.5 Å². The molecular weight excluding hydrogens is 436 g/mol. The Morgan fingerprint density at radius 2 is 2.07 bits per heavy atom. The zero-order valence-electron chi connectivity index (χ0n) is 16.2. The minimum Gasteiger partial charge on any atom is -0.494 e. The maximum absolute atomic E-state index is 14.7. The number of aliphatic carboxylic acids is 1. The number of hydrogen-bond acceptors (Lipinski definition) is 6. The molecule has 0 radical (unpaired) electrons. The molecule has 0 saturated heterocycles. The monoisotopic (exact) mass is 457 g/mol. The summed E-state index contributed by atoms with van der Waals surface area (Å²) in [5, 5.41) is 11.6. The van der Waals surface area contributed by atoms with Crippen molar-refractivity contribution in [2.24, 2.45) is 5.92 Å². The van der Waals surface area contributed by atoms with E-state index in [9.17, 15) is 18.4 Å². The minimum atomic E-state index is -1.15. The van der Waals surface area contributed by atoms with Gasteiger partial charge in [-0.15, -0.1) is 11.8 Å². The molecule has 2 aromatic rings. The highest BCUT2D eigenvalue weighted by Gasteiger charge is 2.28. The van der Waals surface area contributed by atoms with E-state index < -0.39 is 23.6 Å². The Labute approximate surface area is 180 Å². The lowest BCUT2D eigenvalue weighted by molar-refractivity contribution is -0.133. The van der Waals surface area contributed by atoms with Crippen molar-refractivity contribution in [2.75, 3.05) is 29.6 Å². The van der Waals surface area contributed by atoms with Crippen LogP contribution in [0.15, 0.2) is 22.5 Å². The summed E-state index contributed by atoms with van der Waals surface area (Å²) in [5.74, 6) is -3.44. The third-order valence-electron chi connectivity index (χ3n) is 4.73. The molecule has 0 bridgehead atoms. The van der Waals surface area contributed by atoms with E-state index in [-0.39, 0.29) is 34.8 Å². The summed E-state index contributed by atoms with van der Waals surface area (Å²) in [4.78, 5) is 28.9. The number of thiazole rings is 1. The van der Waals surface area contributed by atoms with Crippen molar-refractivity contribution in [3.63, 3.8) is 0 Å². The minimum absolute atomic E-state index is 0.125.